The standard InChI is InChI=1S/C20H19N5O2/c1-2-27-20(26)18-8-23-25(12-18)9-13-3-14(6-21)19(15(4-13)7-22)24-10-16-5-17(16)11-24/h3-4,8,12,16-17H,2,5,9-11H2,1H3. The highest BCUT2D eigenvalue weighted by Crippen LogP contribution is 2.47. The summed E-state index contributed by atoms with van der Waals surface area (Å²) in [4.78, 5) is 13.9. The van der Waals surface area contributed by atoms with Gasteiger partial charge in [0.2, 0.25) is 0 Å². The largest absolute Gasteiger partial charge is 0.462 e. The minimum atomic E-state index is -0.415. The number of nitrogens with zero attached hydrogens (tertiary/aromatic N) is 5. The van der Waals surface area contributed by atoms with Crippen molar-refractivity contribution in [3.05, 3.63) is 46.8 Å². The minimum Gasteiger partial charge on any atom is -0.462 e. The van der Waals surface area contributed by atoms with Gasteiger partial charge in [-0.15, -0.1) is 0 Å². The van der Waals surface area contributed by atoms with Crippen LogP contribution in [0.2, 0.25) is 0 Å². The van der Waals surface area contributed by atoms with E-state index in [1.54, 1.807) is 17.8 Å². The second-order valence-corrected chi connectivity index (χ2v) is 7.07. The van der Waals surface area contributed by atoms with Crippen molar-refractivity contribution in [2.45, 2.75) is 19.9 Å². The van der Waals surface area contributed by atoms with Gasteiger partial charge < -0.3 is 9.64 Å². The van der Waals surface area contributed by atoms with Gasteiger partial charge >= 0.3 is 5.97 Å². The van der Waals surface area contributed by atoms with Crippen LogP contribution in [0.25, 0.3) is 0 Å². The van der Waals surface area contributed by atoms with Crippen LogP contribution >= 0.6 is 0 Å². The van der Waals surface area contributed by atoms with Gasteiger partial charge in [0.1, 0.15) is 12.1 Å². The quantitative estimate of drug-likeness (QED) is 0.759. The Hall–Kier alpha value is -3.32. The van der Waals surface area contributed by atoms with Gasteiger partial charge in [-0.1, -0.05) is 0 Å². The lowest BCUT2D eigenvalue weighted by Crippen LogP contribution is -2.24. The molecule has 1 aliphatic heterocycles. The predicted octanol–water partition coefficient (Wildman–Crippen LogP) is 2.31. The van der Waals surface area contributed by atoms with E-state index in [1.165, 1.54) is 12.6 Å². The number of ether oxygens (including phenoxy) is 1. The number of anilines is 1. The van der Waals surface area contributed by atoms with Gasteiger partial charge in [0.25, 0.3) is 0 Å². The van der Waals surface area contributed by atoms with Crippen LogP contribution in [0, 0.1) is 34.5 Å². The average Bonchev–Trinajstić information content (AvgIpc) is 3.07. The number of esters is 1. The molecule has 2 aromatic rings. The van der Waals surface area contributed by atoms with Gasteiger partial charge in [-0.2, -0.15) is 15.6 Å². The number of aromatic nitrogens is 2. The molecule has 2 atom stereocenters. The molecule has 1 aromatic carbocycles. The first-order valence-electron chi connectivity index (χ1n) is 9.04. The van der Waals surface area contributed by atoms with Gasteiger partial charge in [-0.3, -0.25) is 4.68 Å². The molecule has 0 N–H and O–H groups in total. The molecular weight excluding hydrogens is 342 g/mol. The summed E-state index contributed by atoms with van der Waals surface area (Å²) in [6, 6.07) is 8.12. The van der Waals surface area contributed by atoms with Crippen LogP contribution in [0.15, 0.2) is 24.5 Å². The van der Waals surface area contributed by atoms with Crippen molar-refractivity contribution >= 4 is 11.7 Å². The van der Waals surface area contributed by atoms with E-state index in [0.29, 0.717) is 41.7 Å². The number of piperidine rings is 1. The van der Waals surface area contributed by atoms with Crippen LogP contribution in [-0.2, 0) is 11.3 Å². The lowest BCUT2D eigenvalue weighted by Gasteiger charge is -2.23. The molecule has 2 heterocycles. The van der Waals surface area contributed by atoms with Crippen molar-refractivity contribution < 1.29 is 9.53 Å². The number of carbonyl (C=O) groups excluding carboxylic acids is 1. The molecule has 2 fully saturated rings. The van der Waals surface area contributed by atoms with Crippen molar-refractivity contribution in [1.82, 2.24) is 9.78 Å². The molecule has 1 saturated carbocycles. The Bertz CT molecular complexity index is 936. The normalized spacial score (nSPS) is 19.9. The monoisotopic (exact) mass is 361 g/mol. The summed E-state index contributed by atoms with van der Waals surface area (Å²) in [5.74, 6) is 1.02. The first-order valence-corrected chi connectivity index (χ1v) is 9.04. The molecule has 1 aliphatic carbocycles. The predicted molar refractivity (Wildman–Crippen MR) is 97.0 cm³/mol. The van der Waals surface area contributed by atoms with Gasteiger partial charge in [0.05, 0.1) is 41.7 Å². The van der Waals surface area contributed by atoms with E-state index >= 15 is 0 Å². The first-order chi connectivity index (χ1) is 13.1. The molecule has 0 amide bonds. The number of fused-ring (bicyclic) bond motifs is 1. The van der Waals surface area contributed by atoms with Gasteiger partial charge in [-0.05, 0) is 42.9 Å². The highest BCUT2D eigenvalue weighted by Gasteiger charge is 2.46. The lowest BCUT2D eigenvalue weighted by atomic mass is 10.0. The zero-order valence-corrected chi connectivity index (χ0v) is 15.1. The molecule has 136 valence electrons. The molecule has 2 unspecified atom stereocenters. The summed E-state index contributed by atoms with van der Waals surface area (Å²) in [7, 11) is 0. The number of rotatable bonds is 5. The van der Waals surface area contributed by atoms with Crippen molar-refractivity contribution in [1.29, 1.82) is 10.5 Å². The fourth-order valence-electron chi connectivity index (χ4n) is 3.83. The Balaban J connectivity index is 1.60. The summed E-state index contributed by atoms with van der Waals surface area (Å²) in [6.07, 6.45) is 4.33. The summed E-state index contributed by atoms with van der Waals surface area (Å²) < 4.78 is 6.57. The third-order valence-electron chi connectivity index (χ3n) is 5.19. The maximum absolute atomic E-state index is 11.8. The van der Waals surface area contributed by atoms with Crippen molar-refractivity contribution in [2.75, 3.05) is 24.6 Å². The molecular formula is C20H19N5O2. The molecule has 0 bridgehead atoms. The molecule has 1 saturated heterocycles. The zero-order valence-electron chi connectivity index (χ0n) is 15.1. The van der Waals surface area contributed by atoms with Crippen molar-refractivity contribution in [3.8, 4) is 12.1 Å². The van der Waals surface area contributed by atoms with E-state index in [9.17, 15) is 15.3 Å². The van der Waals surface area contributed by atoms with Crippen LogP contribution in [0.1, 0.15) is 40.4 Å². The molecule has 0 spiro atoms. The second-order valence-electron chi connectivity index (χ2n) is 7.07. The number of hydrogen-bond acceptors (Lipinski definition) is 6. The van der Waals surface area contributed by atoms with Crippen molar-refractivity contribution in [3.63, 3.8) is 0 Å². The minimum absolute atomic E-state index is 0.306. The lowest BCUT2D eigenvalue weighted by molar-refractivity contribution is 0.0526. The Morgan fingerprint density at radius 1 is 1.26 bits per heavy atom. The SMILES string of the molecule is CCOC(=O)c1cnn(Cc2cc(C#N)c(N3CC4CC4C3)c(C#N)c2)c1. The highest BCUT2D eigenvalue weighted by atomic mass is 16.5. The van der Waals surface area contributed by atoms with Crippen LogP contribution in [0.3, 0.4) is 0 Å². The van der Waals surface area contributed by atoms with E-state index in [4.69, 9.17) is 4.74 Å². The molecule has 7 heteroatoms. The Kier molecular flexibility index (Phi) is 4.29. The van der Waals surface area contributed by atoms with Crippen LogP contribution in [-0.4, -0.2) is 35.4 Å². The zero-order chi connectivity index (χ0) is 19.0. The van der Waals surface area contributed by atoms with Gasteiger partial charge in [-0.25, -0.2) is 4.79 Å². The number of nitriles is 2. The van der Waals surface area contributed by atoms with E-state index in [2.05, 4.69) is 22.1 Å². The third kappa shape index (κ3) is 3.24. The third-order valence-corrected chi connectivity index (χ3v) is 5.19. The summed E-state index contributed by atoms with van der Waals surface area (Å²) in [5.41, 5.74) is 2.97. The smallest absolute Gasteiger partial charge is 0.341 e. The van der Waals surface area contributed by atoms with Crippen LogP contribution < -0.4 is 4.90 Å². The summed E-state index contributed by atoms with van der Waals surface area (Å²) >= 11 is 0. The fraction of sp³-hybridized carbons (Fsp3) is 0.400. The van der Waals surface area contributed by atoms with E-state index in [1.807, 2.05) is 12.1 Å². The second kappa shape index (κ2) is 6.77. The Morgan fingerprint density at radius 2 is 1.93 bits per heavy atom. The maximum Gasteiger partial charge on any atom is 0.341 e. The topological polar surface area (TPSA) is 94.9 Å². The van der Waals surface area contributed by atoms with E-state index in [0.717, 1.165) is 24.3 Å². The molecule has 2 aliphatic rings. The number of carbonyl (C=O) groups is 1. The summed E-state index contributed by atoms with van der Waals surface area (Å²) in [5, 5.41) is 23.4. The van der Waals surface area contributed by atoms with E-state index in [-0.39, 0.29) is 0 Å². The average molecular weight is 361 g/mol. The molecule has 1 aromatic heterocycles. The first kappa shape index (κ1) is 17.1. The molecule has 27 heavy (non-hydrogen) atoms. The molecule has 4 rings (SSSR count). The van der Waals surface area contributed by atoms with Crippen LogP contribution in [0.5, 0.6) is 0 Å². The number of hydrogen-bond donors (Lipinski definition) is 0. The highest BCUT2D eigenvalue weighted by molar-refractivity contribution is 5.88. The molecule has 7 nitrogen and oxygen atoms in total. The number of benzene rings is 1. The Morgan fingerprint density at radius 3 is 2.52 bits per heavy atom. The van der Waals surface area contributed by atoms with Crippen molar-refractivity contribution in [2.24, 2.45) is 11.8 Å². The molecule has 0 radical (unpaired) electrons. The summed E-state index contributed by atoms with van der Waals surface area (Å²) in [6.45, 7) is 4.28. The van der Waals surface area contributed by atoms with Gasteiger partial charge in [0, 0.05) is 19.3 Å². The Labute approximate surface area is 157 Å². The maximum atomic E-state index is 11.8. The van der Waals surface area contributed by atoms with Crippen LogP contribution in [0.4, 0.5) is 5.69 Å². The van der Waals surface area contributed by atoms with Gasteiger partial charge in [0.15, 0.2) is 0 Å². The van der Waals surface area contributed by atoms with E-state index < -0.39 is 5.97 Å². The fourth-order valence-corrected chi connectivity index (χ4v) is 3.83.